The van der Waals surface area contributed by atoms with Gasteiger partial charge < -0.3 is 0 Å². The van der Waals surface area contributed by atoms with Crippen molar-refractivity contribution in [3.05, 3.63) is 0 Å². The molecule has 0 aromatic heterocycles. The fraction of sp³-hybridized carbons (Fsp3) is 1.00. The Bertz CT molecular complexity index is 132. The van der Waals surface area contributed by atoms with Gasteiger partial charge in [-0.15, -0.1) is 0 Å². The monoisotopic (exact) mass is 228 g/mol. The molecule has 5 heteroatoms. The van der Waals surface area contributed by atoms with Crippen LogP contribution in [0.4, 0.5) is 0 Å². The third-order valence-corrected chi connectivity index (χ3v) is 4.93. The minimum atomic E-state index is -0.873. The zero-order valence-corrected chi connectivity index (χ0v) is 7.63. The Balaban J connectivity index is 2.47. The molecule has 1 fully saturated rings. The van der Waals surface area contributed by atoms with Gasteiger partial charge in [0.15, 0.2) is 0 Å². The molecule has 0 aromatic rings. The van der Waals surface area contributed by atoms with Crippen LogP contribution in [0.1, 0.15) is 0 Å². The van der Waals surface area contributed by atoms with Crippen LogP contribution in [0.25, 0.3) is 0 Å². The number of rotatable bonds is 2. The normalized spacial score (nSPS) is 40.9. The molecule has 0 amide bonds. The van der Waals surface area contributed by atoms with Crippen LogP contribution in [0, 0.1) is 0 Å². The van der Waals surface area contributed by atoms with E-state index in [0.29, 0.717) is 5.32 Å². The summed E-state index contributed by atoms with van der Waals surface area (Å²) in [4.78, 5) is -0.303. The Morgan fingerprint density at radius 1 is 1.45 bits per heavy atom. The molecule has 1 rings (SSSR count). The molecule has 0 radical (unpaired) electrons. The van der Waals surface area contributed by atoms with E-state index in [-0.39, 0.29) is 26.4 Å². The molecule has 0 aromatic carbocycles. The van der Waals surface area contributed by atoms with Gasteiger partial charge in [-0.3, -0.25) is 0 Å². The van der Waals surface area contributed by atoms with Gasteiger partial charge in [-0.2, -0.15) is 0 Å². The van der Waals surface area contributed by atoms with Crippen LogP contribution in [0.15, 0.2) is 0 Å². The molecule has 1 heterocycles. The van der Waals surface area contributed by atoms with Crippen molar-refractivity contribution in [1.29, 1.82) is 0 Å². The van der Waals surface area contributed by atoms with E-state index in [4.69, 9.17) is 15.3 Å². The second-order valence-corrected chi connectivity index (χ2v) is 5.15. The van der Waals surface area contributed by atoms with Gasteiger partial charge in [0, 0.05) is 0 Å². The summed E-state index contributed by atoms with van der Waals surface area (Å²) in [6.45, 7) is -0.337. The van der Waals surface area contributed by atoms with E-state index in [2.05, 4.69) is 0 Å². The van der Waals surface area contributed by atoms with E-state index in [0.717, 1.165) is 0 Å². The van der Waals surface area contributed by atoms with Crippen molar-refractivity contribution in [2.24, 2.45) is 0 Å². The van der Waals surface area contributed by atoms with Crippen molar-refractivity contribution in [1.82, 2.24) is 0 Å². The van der Waals surface area contributed by atoms with Gasteiger partial charge in [0.2, 0.25) is 0 Å². The third-order valence-electron chi connectivity index (χ3n) is 1.76. The van der Waals surface area contributed by atoms with E-state index in [1.807, 2.05) is 0 Å². The van der Waals surface area contributed by atoms with Gasteiger partial charge in [-0.25, -0.2) is 0 Å². The summed E-state index contributed by atoms with van der Waals surface area (Å²) in [6, 6.07) is 0. The Kier molecular flexibility index (Phi) is 3.30. The quantitative estimate of drug-likeness (QED) is 0.411. The van der Waals surface area contributed by atoms with Crippen LogP contribution in [-0.4, -0.2) is 60.3 Å². The average molecular weight is 227 g/mol. The van der Waals surface area contributed by atoms with Crippen LogP contribution < -0.4 is 0 Å². The van der Waals surface area contributed by atoms with Crippen molar-refractivity contribution in [3.63, 3.8) is 0 Å². The molecule has 4 N–H and O–H groups in total. The fourth-order valence-corrected chi connectivity index (χ4v) is 3.80. The molecule has 1 saturated heterocycles. The molecular formula is C6H12O4Se. The van der Waals surface area contributed by atoms with Crippen LogP contribution >= 0.6 is 0 Å². The van der Waals surface area contributed by atoms with Gasteiger partial charge in [-0.1, -0.05) is 0 Å². The van der Waals surface area contributed by atoms with Crippen molar-refractivity contribution < 1.29 is 20.4 Å². The fourth-order valence-electron chi connectivity index (χ4n) is 1.07. The topological polar surface area (TPSA) is 80.9 Å². The maximum atomic E-state index is 9.25. The van der Waals surface area contributed by atoms with Crippen LogP contribution in [-0.2, 0) is 0 Å². The SMILES string of the molecule is OC[C@@H](O)[C@H]1[Se]C[C@@H](O)[C@H]1O. The molecule has 0 spiro atoms. The van der Waals surface area contributed by atoms with Crippen molar-refractivity contribution >= 4 is 15.0 Å². The predicted molar refractivity (Wildman–Crippen MR) is 39.4 cm³/mol. The first kappa shape index (κ1) is 9.45. The first-order valence-electron chi connectivity index (χ1n) is 3.43. The van der Waals surface area contributed by atoms with Gasteiger partial charge >= 0.3 is 70.4 Å². The second-order valence-electron chi connectivity index (χ2n) is 2.61. The zero-order chi connectivity index (χ0) is 8.43. The van der Waals surface area contributed by atoms with Crippen molar-refractivity contribution in [2.75, 3.05) is 6.61 Å². The summed E-state index contributed by atoms with van der Waals surface area (Å²) in [5.41, 5.74) is 0. The van der Waals surface area contributed by atoms with E-state index >= 15 is 0 Å². The summed E-state index contributed by atoms with van der Waals surface area (Å²) in [5.74, 6) is 0. The van der Waals surface area contributed by atoms with Gasteiger partial charge in [0.05, 0.1) is 0 Å². The zero-order valence-electron chi connectivity index (χ0n) is 5.92. The summed E-state index contributed by atoms with van der Waals surface area (Å²) in [7, 11) is 0. The van der Waals surface area contributed by atoms with Gasteiger partial charge in [-0.05, 0) is 0 Å². The Morgan fingerprint density at radius 3 is 2.45 bits per heavy atom. The Morgan fingerprint density at radius 2 is 2.09 bits per heavy atom. The summed E-state index contributed by atoms with van der Waals surface area (Å²) in [6.07, 6.45) is -2.43. The van der Waals surface area contributed by atoms with Crippen LogP contribution in [0.3, 0.4) is 0 Å². The number of hydrogen-bond donors (Lipinski definition) is 4. The third kappa shape index (κ3) is 1.93. The summed E-state index contributed by atoms with van der Waals surface area (Å²) < 4.78 is 0. The Hall–Kier alpha value is 0.359. The molecule has 4 nitrogen and oxygen atoms in total. The Labute approximate surface area is 71.0 Å². The minimum absolute atomic E-state index is 0.0426. The van der Waals surface area contributed by atoms with Gasteiger partial charge in [0.25, 0.3) is 0 Å². The predicted octanol–water partition coefficient (Wildman–Crippen LogP) is -2.01. The van der Waals surface area contributed by atoms with Crippen LogP contribution in [0.2, 0.25) is 10.1 Å². The standard InChI is InChI=1S/C6H12O4Se/c7-1-3(8)6-5(10)4(9)2-11-6/h3-10H,1-2H2/t3-,4-,5-,6-/m1/s1. The molecule has 0 bridgehead atoms. The molecule has 0 aliphatic carbocycles. The molecule has 4 atom stereocenters. The maximum absolute atomic E-state index is 9.25. The van der Waals surface area contributed by atoms with Crippen molar-refractivity contribution in [2.45, 2.75) is 28.4 Å². The van der Waals surface area contributed by atoms with E-state index in [1.54, 1.807) is 0 Å². The van der Waals surface area contributed by atoms with Crippen molar-refractivity contribution in [3.8, 4) is 0 Å². The van der Waals surface area contributed by atoms with E-state index < -0.39 is 18.3 Å². The molecule has 11 heavy (non-hydrogen) atoms. The molecule has 0 unspecified atom stereocenters. The molecule has 1 aliphatic heterocycles. The second kappa shape index (κ2) is 3.85. The molecule has 0 saturated carbocycles. The first-order valence-corrected chi connectivity index (χ1v) is 5.63. The number of hydrogen-bond acceptors (Lipinski definition) is 4. The van der Waals surface area contributed by atoms with Crippen LogP contribution in [0.5, 0.6) is 0 Å². The first-order chi connectivity index (χ1) is 5.16. The van der Waals surface area contributed by atoms with E-state index in [1.165, 1.54) is 0 Å². The van der Waals surface area contributed by atoms with Gasteiger partial charge in [0.1, 0.15) is 0 Å². The number of aliphatic hydroxyl groups is 4. The molecule has 66 valence electrons. The average Bonchev–Trinajstić information content (AvgIpc) is 2.32. The molecule has 1 aliphatic rings. The molecular weight excluding hydrogens is 215 g/mol. The number of aliphatic hydroxyl groups excluding tert-OH is 4. The summed E-state index contributed by atoms with van der Waals surface area (Å²) in [5, 5.41) is 36.6. The van der Waals surface area contributed by atoms with E-state index in [9.17, 15) is 5.11 Å². The summed E-state index contributed by atoms with van der Waals surface area (Å²) >= 11 is 0.0426.